The lowest BCUT2D eigenvalue weighted by molar-refractivity contribution is 0.195. The van der Waals surface area contributed by atoms with Crippen molar-refractivity contribution in [2.45, 2.75) is 26.3 Å². The van der Waals surface area contributed by atoms with Crippen LogP contribution in [0.5, 0.6) is 0 Å². The molecule has 0 aliphatic rings. The molecule has 0 aliphatic heterocycles. The minimum absolute atomic E-state index is 0.510. The van der Waals surface area contributed by atoms with E-state index in [4.69, 9.17) is 0 Å². The van der Waals surface area contributed by atoms with Gasteiger partial charge in [-0.2, -0.15) is 5.10 Å². The zero-order valence-electron chi connectivity index (χ0n) is 9.95. The normalized spacial score (nSPS) is 11.7. The Morgan fingerprint density at radius 1 is 1.47 bits per heavy atom. The quantitative estimate of drug-likeness (QED) is 0.819. The molecule has 0 unspecified atom stereocenters. The van der Waals surface area contributed by atoms with Gasteiger partial charge in [0, 0.05) is 17.8 Å². The lowest BCUT2D eigenvalue weighted by Gasteiger charge is -2.33. The summed E-state index contributed by atoms with van der Waals surface area (Å²) in [6, 6.07) is 3.41. The summed E-state index contributed by atoms with van der Waals surface area (Å²) in [4.78, 5) is 16.6. The van der Waals surface area contributed by atoms with Crippen molar-refractivity contribution >= 4 is 17.4 Å². The van der Waals surface area contributed by atoms with Gasteiger partial charge in [-0.05, 0) is 26.8 Å². The predicted molar refractivity (Wildman–Crippen MR) is 63.2 cm³/mol. The van der Waals surface area contributed by atoms with Gasteiger partial charge in [0.15, 0.2) is 5.65 Å². The van der Waals surface area contributed by atoms with E-state index in [2.05, 4.69) is 10.1 Å². The summed E-state index contributed by atoms with van der Waals surface area (Å²) < 4.78 is 1.59. The molecule has 0 fully saturated rings. The molecule has 2 rings (SSSR count). The molecule has 0 aromatic carbocycles. The average Bonchev–Trinajstić information content (AvgIpc) is 2.61. The highest BCUT2D eigenvalue weighted by molar-refractivity contribution is 5.88. The second kappa shape index (κ2) is 3.73. The number of anilines is 1. The van der Waals surface area contributed by atoms with Gasteiger partial charge in [-0.25, -0.2) is 14.3 Å². The van der Waals surface area contributed by atoms with Gasteiger partial charge >= 0.3 is 6.09 Å². The van der Waals surface area contributed by atoms with Crippen molar-refractivity contribution in [3.8, 4) is 0 Å². The van der Waals surface area contributed by atoms with Gasteiger partial charge in [-0.3, -0.25) is 4.90 Å². The van der Waals surface area contributed by atoms with Crippen LogP contribution in [0.4, 0.5) is 10.5 Å². The number of rotatable bonds is 1. The van der Waals surface area contributed by atoms with Crippen molar-refractivity contribution in [3.05, 3.63) is 24.7 Å². The smallest absolute Gasteiger partial charge is 0.412 e. The van der Waals surface area contributed by atoms with Crippen LogP contribution in [0.1, 0.15) is 20.8 Å². The van der Waals surface area contributed by atoms with Gasteiger partial charge in [0.05, 0.1) is 5.69 Å². The molecule has 2 aromatic rings. The summed E-state index contributed by atoms with van der Waals surface area (Å²) in [5, 5.41) is 13.2. The van der Waals surface area contributed by atoms with Crippen LogP contribution in [-0.2, 0) is 0 Å². The summed E-state index contributed by atoms with van der Waals surface area (Å²) in [7, 11) is 0. The van der Waals surface area contributed by atoms with Crippen LogP contribution in [0.2, 0.25) is 0 Å². The number of carboxylic acid groups (broad SMARTS) is 1. The van der Waals surface area contributed by atoms with Crippen LogP contribution in [0, 0.1) is 0 Å². The third-order valence-corrected chi connectivity index (χ3v) is 2.38. The number of amides is 1. The molecule has 0 saturated carbocycles. The maximum atomic E-state index is 11.3. The van der Waals surface area contributed by atoms with Gasteiger partial charge in [-0.15, -0.1) is 0 Å². The summed E-state index contributed by atoms with van der Waals surface area (Å²) in [6.07, 6.45) is 2.14. The molecule has 6 nitrogen and oxygen atoms in total. The Bertz CT molecular complexity index is 556. The molecule has 6 heteroatoms. The number of hydrogen-bond donors (Lipinski definition) is 1. The zero-order valence-corrected chi connectivity index (χ0v) is 9.95. The van der Waals surface area contributed by atoms with E-state index in [0.29, 0.717) is 11.3 Å². The number of nitrogens with zero attached hydrogens (tertiary/aromatic N) is 4. The van der Waals surface area contributed by atoms with Crippen LogP contribution in [-0.4, -0.2) is 31.3 Å². The van der Waals surface area contributed by atoms with Crippen molar-refractivity contribution in [2.75, 3.05) is 4.90 Å². The summed E-state index contributed by atoms with van der Waals surface area (Å²) >= 11 is 0. The molecule has 0 spiro atoms. The van der Waals surface area contributed by atoms with Gasteiger partial charge in [0.2, 0.25) is 0 Å². The highest BCUT2D eigenvalue weighted by Crippen LogP contribution is 2.24. The fourth-order valence-corrected chi connectivity index (χ4v) is 1.73. The van der Waals surface area contributed by atoms with Crippen LogP contribution in [0.3, 0.4) is 0 Å². The van der Waals surface area contributed by atoms with Crippen LogP contribution in [0.25, 0.3) is 5.65 Å². The predicted octanol–water partition coefficient (Wildman–Crippen LogP) is 2.01. The van der Waals surface area contributed by atoms with E-state index in [9.17, 15) is 9.90 Å². The van der Waals surface area contributed by atoms with Gasteiger partial charge < -0.3 is 5.11 Å². The largest absolute Gasteiger partial charge is 0.465 e. The van der Waals surface area contributed by atoms with Crippen LogP contribution < -0.4 is 4.90 Å². The first-order valence-electron chi connectivity index (χ1n) is 5.22. The Kier molecular flexibility index (Phi) is 2.49. The first kappa shape index (κ1) is 11.4. The molecule has 0 aliphatic carbocycles. The third-order valence-electron chi connectivity index (χ3n) is 2.38. The maximum Gasteiger partial charge on any atom is 0.412 e. The zero-order chi connectivity index (χ0) is 12.6. The molecule has 0 saturated heterocycles. The molecule has 90 valence electrons. The number of fused-ring (bicyclic) bond motifs is 1. The van der Waals surface area contributed by atoms with E-state index >= 15 is 0 Å². The molecule has 1 N–H and O–H groups in total. The SMILES string of the molecule is CC(C)(C)N(C(=O)O)c1ccn2ncnc2c1. The van der Waals surface area contributed by atoms with Gasteiger partial charge in [0.25, 0.3) is 0 Å². The van der Waals surface area contributed by atoms with E-state index < -0.39 is 11.6 Å². The molecule has 17 heavy (non-hydrogen) atoms. The maximum absolute atomic E-state index is 11.3. The van der Waals surface area contributed by atoms with Crippen molar-refractivity contribution in [1.29, 1.82) is 0 Å². The summed E-state index contributed by atoms with van der Waals surface area (Å²) in [5.74, 6) is 0. The monoisotopic (exact) mass is 234 g/mol. The lowest BCUT2D eigenvalue weighted by Crippen LogP contribution is -2.45. The molecule has 0 radical (unpaired) electrons. The standard InChI is InChI=1S/C11H14N4O2/c1-11(2,3)15(10(16)17)8-4-5-14-9(6-8)12-7-13-14/h4-7H,1-3H3,(H,16,17). The lowest BCUT2D eigenvalue weighted by atomic mass is 10.1. The Balaban J connectivity index is 2.52. The van der Waals surface area contributed by atoms with Crippen molar-refractivity contribution in [1.82, 2.24) is 14.6 Å². The van der Waals surface area contributed by atoms with Gasteiger partial charge in [0.1, 0.15) is 6.33 Å². The Labute approximate surface area is 98.5 Å². The van der Waals surface area contributed by atoms with Gasteiger partial charge in [-0.1, -0.05) is 0 Å². The average molecular weight is 234 g/mol. The number of carbonyl (C=O) groups is 1. The molecule has 2 aromatic heterocycles. The van der Waals surface area contributed by atoms with Crippen molar-refractivity contribution in [3.63, 3.8) is 0 Å². The molecule has 1 amide bonds. The summed E-state index contributed by atoms with van der Waals surface area (Å²) in [6.45, 7) is 5.53. The second-order valence-electron chi connectivity index (χ2n) is 4.74. The Morgan fingerprint density at radius 2 is 2.18 bits per heavy atom. The van der Waals surface area contributed by atoms with Crippen LogP contribution in [0.15, 0.2) is 24.7 Å². The minimum atomic E-state index is -0.985. The van der Waals surface area contributed by atoms with Crippen LogP contribution >= 0.6 is 0 Å². The van der Waals surface area contributed by atoms with E-state index in [1.807, 2.05) is 20.8 Å². The minimum Gasteiger partial charge on any atom is -0.465 e. The third kappa shape index (κ3) is 2.06. The molecule has 0 atom stereocenters. The van der Waals surface area contributed by atoms with E-state index in [-0.39, 0.29) is 0 Å². The first-order chi connectivity index (χ1) is 7.89. The number of aromatic nitrogens is 3. The highest BCUT2D eigenvalue weighted by atomic mass is 16.4. The van der Waals surface area contributed by atoms with E-state index in [1.54, 1.807) is 22.8 Å². The number of pyridine rings is 1. The molecule has 2 heterocycles. The molecular weight excluding hydrogens is 220 g/mol. The number of hydrogen-bond acceptors (Lipinski definition) is 3. The molecule has 0 bridgehead atoms. The summed E-state index contributed by atoms with van der Waals surface area (Å²) in [5.41, 5.74) is 0.702. The topological polar surface area (TPSA) is 70.7 Å². The van der Waals surface area contributed by atoms with Crippen molar-refractivity contribution < 1.29 is 9.90 Å². The molecular formula is C11H14N4O2. The fourth-order valence-electron chi connectivity index (χ4n) is 1.73. The van der Waals surface area contributed by atoms with Crippen molar-refractivity contribution in [2.24, 2.45) is 0 Å². The highest BCUT2D eigenvalue weighted by Gasteiger charge is 2.28. The fraction of sp³-hybridized carbons (Fsp3) is 0.364. The first-order valence-corrected chi connectivity index (χ1v) is 5.22. The Morgan fingerprint density at radius 3 is 2.76 bits per heavy atom. The van der Waals surface area contributed by atoms with E-state index in [1.165, 1.54) is 11.2 Å². The van der Waals surface area contributed by atoms with E-state index in [0.717, 1.165) is 0 Å². The second-order valence-corrected chi connectivity index (χ2v) is 4.74. The Hall–Kier alpha value is -2.11.